The van der Waals surface area contributed by atoms with Crippen LogP contribution in [0.15, 0.2) is 53.2 Å². The van der Waals surface area contributed by atoms with Gasteiger partial charge in [0.1, 0.15) is 23.9 Å². The molecule has 1 aromatic carbocycles. The van der Waals surface area contributed by atoms with E-state index >= 15 is 0 Å². The Morgan fingerprint density at radius 2 is 1.96 bits per heavy atom. The normalized spacial score (nSPS) is 22.0. The van der Waals surface area contributed by atoms with Crippen molar-refractivity contribution in [1.29, 1.82) is 0 Å². The van der Waals surface area contributed by atoms with E-state index in [9.17, 15) is 4.79 Å². The van der Waals surface area contributed by atoms with Crippen LogP contribution < -0.4 is 5.32 Å². The van der Waals surface area contributed by atoms with E-state index < -0.39 is 6.29 Å². The van der Waals surface area contributed by atoms with E-state index in [0.717, 1.165) is 29.3 Å². The quantitative estimate of drug-likeness (QED) is 0.881. The fourth-order valence-electron chi connectivity index (χ4n) is 3.84. The lowest BCUT2D eigenvalue weighted by molar-refractivity contribution is -0.136. The first-order valence-electron chi connectivity index (χ1n) is 9.57. The molecule has 1 aromatic heterocycles. The lowest BCUT2D eigenvalue weighted by Gasteiger charge is -2.46. The zero-order valence-corrected chi connectivity index (χ0v) is 16.6. The van der Waals surface area contributed by atoms with Crippen molar-refractivity contribution < 1.29 is 4.79 Å². The summed E-state index contributed by atoms with van der Waals surface area (Å²) in [6.07, 6.45) is 3.60. The molecule has 2 aliphatic rings. The second-order valence-electron chi connectivity index (χ2n) is 7.25. The summed E-state index contributed by atoms with van der Waals surface area (Å²) in [6, 6.07) is 9.88. The van der Waals surface area contributed by atoms with Crippen LogP contribution in [0.1, 0.15) is 33.5 Å². The largest absolute Gasteiger partial charge is 0.342 e. The molecule has 0 radical (unpaired) electrons. The van der Waals surface area contributed by atoms with Gasteiger partial charge >= 0.3 is 0 Å². The molecule has 2 atom stereocenters. The Balaban J connectivity index is 1.72. The fraction of sp³-hybridized carbons (Fsp3) is 0.400. The molecular weight excluding hydrogens is 354 g/mol. The van der Waals surface area contributed by atoms with Crippen LogP contribution in [0.4, 0.5) is 0 Å². The Kier molecular flexibility index (Phi) is 4.62. The average molecular weight is 379 g/mol. The number of nitrogens with one attached hydrogen (secondary N) is 1. The van der Waals surface area contributed by atoms with E-state index in [0.29, 0.717) is 0 Å². The number of carbonyl (C=O) groups is 1. The summed E-state index contributed by atoms with van der Waals surface area (Å²) in [6.45, 7) is 6.23. The average Bonchev–Trinajstić information content (AvgIpc) is 3.20. The van der Waals surface area contributed by atoms with Gasteiger partial charge < -0.3 is 15.1 Å². The Labute approximate surface area is 164 Å². The van der Waals surface area contributed by atoms with Gasteiger partial charge in [-0.2, -0.15) is 5.10 Å². The summed E-state index contributed by atoms with van der Waals surface area (Å²) in [4.78, 5) is 25.7. The van der Waals surface area contributed by atoms with E-state index in [1.54, 1.807) is 22.8 Å². The smallest absolute Gasteiger partial charge is 0.249 e. The van der Waals surface area contributed by atoms with Crippen LogP contribution in [0.2, 0.25) is 0 Å². The zero-order valence-electron chi connectivity index (χ0n) is 16.6. The van der Waals surface area contributed by atoms with Gasteiger partial charge in [0.15, 0.2) is 5.82 Å². The zero-order chi connectivity index (χ0) is 19.8. The molecule has 1 N–H and O–H groups in total. The number of benzene rings is 1. The van der Waals surface area contributed by atoms with Gasteiger partial charge in [-0.05, 0) is 20.3 Å². The molecule has 0 saturated carbocycles. The number of hydrogen-bond acceptors (Lipinski definition) is 6. The second kappa shape index (κ2) is 7.10. The number of amides is 1. The first kappa shape index (κ1) is 18.2. The number of hydrogen-bond donors (Lipinski definition) is 1. The molecule has 0 fully saturated rings. The molecule has 8 heteroatoms. The summed E-state index contributed by atoms with van der Waals surface area (Å²) in [5.41, 5.74) is 1.75. The van der Waals surface area contributed by atoms with Crippen LogP contribution >= 0.6 is 0 Å². The maximum absolute atomic E-state index is 12.8. The van der Waals surface area contributed by atoms with Crippen molar-refractivity contribution in [3.8, 4) is 11.4 Å². The van der Waals surface area contributed by atoms with Crippen molar-refractivity contribution in [2.24, 2.45) is 4.99 Å². The summed E-state index contributed by atoms with van der Waals surface area (Å²) in [5, 5.41) is 7.89. The van der Waals surface area contributed by atoms with Gasteiger partial charge in [-0.25, -0.2) is 14.7 Å². The van der Waals surface area contributed by atoms with E-state index in [2.05, 4.69) is 39.1 Å². The van der Waals surface area contributed by atoms with Crippen LogP contribution in [0.25, 0.3) is 11.4 Å². The van der Waals surface area contributed by atoms with E-state index in [-0.39, 0.29) is 18.0 Å². The monoisotopic (exact) mass is 379 g/mol. The third-order valence-corrected chi connectivity index (χ3v) is 5.20. The topological polar surface area (TPSA) is 78.6 Å². The van der Waals surface area contributed by atoms with Gasteiger partial charge in [0.05, 0.1) is 6.21 Å². The maximum Gasteiger partial charge on any atom is 0.249 e. The minimum Gasteiger partial charge on any atom is -0.342 e. The highest BCUT2D eigenvalue weighted by molar-refractivity contribution is 5.93. The van der Waals surface area contributed by atoms with Crippen molar-refractivity contribution in [2.45, 2.75) is 45.6 Å². The third kappa shape index (κ3) is 2.85. The summed E-state index contributed by atoms with van der Waals surface area (Å²) in [7, 11) is 1.80. The van der Waals surface area contributed by atoms with Crippen molar-refractivity contribution in [1.82, 2.24) is 29.9 Å². The summed E-state index contributed by atoms with van der Waals surface area (Å²) < 4.78 is 1.77. The van der Waals surface area contributed by atoms with E-state index in [1.165, 1.54) is 6.33 Å². The standard InChI is InChI=1S/C20H25N7O/c1-5-15-19(28)25(4)16-11-21-20(24-18(16)26(15)13(2)3)27-17(22-12-23-27)14-9-7-6-8-10-14/h6-13,15,20,24H,5H2,1-4H3. The number of nitrogens with zero attached hydrogens (tertiary/aromatic N) is 6. The molecule has 146 valence electrons. The number of allylic oxidation sites excluding steroid dienone is 1. The van der Waals surface area contributed by atoms with Gasteiger partial charge in [0.2, 0.25) is 12.2 Å². The van der Waals surface area contributed by atoms with Crippen LogP contribution in [-0.4, -0.2) is 55.8 Å². The first-order valence-corrected chi connectivity index (χ1v) is 9.57. The number of carbonyl (C=O) groups excluding carboxylic acids is 1. The molecule has 2 unspecified atom stereocenters. The maximum atomic E-state index is 12.8. The van der Waals surface area contributed by atoms with E-state index in [4.69, 9.17) is 0 Å². The molecule has 2 aliphatic heterocycles. The number of likely N-dealkylation sites (N-methyl/N-ethyl adjacent to an activating group) is 1. The van der Waals surface area contributed by atoms with Crippen molar-refractivity contribution in [3.63, 3.8) is 0 Å². The second-order valence-corrected chi connectivity index (χ2v) is 7.25. The molecule has 1 amide bonds. The number of aliphatic imine (C=N–C) groups is 1. The molecule has 0 saturated heterocycles. The lowest BCUT2D eigenvalue weighted by atomic mass is 10.0. The minimum atomic E-state index is -0.434. The van der Waals surface area contributed by atoms with Crippen LogP contribution in [0.5, 0.6) is 0 Å². The molecule has 8 nitrogen and oxygen atoms in total. The molecular formula is C20H25N7O. The minimum absolute atomic E-state index is 0.0902. The van der Waals surface area contributed by atoms with Crippen LogP contribution in [-0.2, 0) is 4.79 Å². The highest BCUT2D eigenvalue weighted by Crippen LogP contribution is 2.30. The van der Waals surface area contributed by atoms with Crippen LogP contribution in [0, 0.1) is 0 Å². The third-order valence-electron chi connectivity index (χ3n) is 5.20. The van der Waals surface area contributed by atoms with Gasteiger partial charge in [-0.1, -0.05) is 37.3 Å². The number of aromatic nitrogens is 3. The highest BCUT2D eigenvalue weighted by atomic mass is 16.2. The van der Waals surface area contributed by atoms with Gasteiger partial charge in [-0.15, -0.1) is 0 Å². The van der Waals surface area contributed by atoms with Gasteiger partial charge in [0, 0.05) is 18.7 Å². The predicted molar refractivity (Wildman–Crippen MR) is 107 cm³/mol. The summed E-state index contributed by atoms with van der Waals surface area (Å²) >= 11 is 0. The molecule has 0 spiro atoms. The Morgan fingerprint density at radius 3 is 2.64 bits per heavy atom. The molecule has 0 aliphatic carbocycles. The Morgan fingerprint density at radius 1 is 1.21 bits per heavy atom. The first-order chi connectivity index (χ1) is 13.5. The molecule has 28 heavy (non-hydrogen) atoms. The van der Waals surface area contributed by atoms with Crippen LogP contribution in [0.3, 0.4) is 0 Å². The molecule has 3 heterocycles. The predicted octanol–water partition coefficient (Wildman–Crippen LogP) is 2.21. The van der Waals surface area contributed by atoms with Gasteiger partial charge in [-0.3, -0.25) is 4.79 Å². The van der Waals surface area contributed by atoms with Crippen molar-refractivity contribution in [2.75, 3.05) is 7.05 Å². The molecule has 0 bridgehead atoms. The van der Waals surface area contributed by atoms with Crippen molar-refractivity contribution >= 4 is 12.1 Å². The SMILES string of the molecule is CCC1C(=O)N(C)C2=C(NC(n3ncnc3-c3ccccc3)N=C2)N1C(C)C. The van der Waals surface area contributed by atoms with Gasteiger partial charge in [0.25, 0.3) is 0 Å². The van der Waals surface area contributed by atoms with E-state index in [1.807, 2.05) is 37.3 Å². The Hall–Kier alpha value is -3.16. The summed E-state index contributed by atoms with van der Waals surface area (Å²) in [5.74, 6) is 1.73. The highest BCUT2D eigenvalue weighted by Gasteiger charge is 2.40. The fourth-order valence-corrected chi connectivity index (χ4v) is 3.84. The van der Waals surface area contributed by atoms with Crippen molar-refractivity contribution in [3.05, 3.63) is 48.2 Å². The lowest BCUT2D eigenvalue weighted by Crippen LogP contribution is -2.58. The molecule has 2 aromatic rings. The molecule has 4 rings (SSSR count). The number of rotatable bonds is 4. The Bertz CT molecular complexity index is 931.